The van der Waals surface area contributed by atoms with E-state index in [1.165, 1.54) is 0 Å². The molecule has 4 nitrogen and oxygen atoms in total. The van der Waals surface area contributed by atoms with Crippen LogP contribution < -0.4 is 5.32 Å². The van der Waals surface area contributed by atoms with Gasteiger partial charge in [0.05, 0.1) is 4.92 Å². The highest BCUT2D eigenvalue weighted by molar-refractivity contribution is 5.73. The largest absolute Gasteiger partial charge is 0.377 e. The SMILES string of the molecule is CC(C)Nc1ccc(-c2ccccc2)cc1[N+](=O)[O-]. The molecular formula is C15H16N2O2. The Kier molecular flexibility index (Phi) is 3.80. The predicted molar refractivity (Wildman–Crippen MR) is 77.3 cm³/mol. The third-order valence-corrected chi connectivity index (χ3v) is 2.75. The highest BCUT2D eigenvalue weighted by atomic mass is 16.6. The Balaban J connectivity index is 2.45. The molecule has 0 saturated heterocycles. The van der Waals surface area contributed by atoms with E-state index in [9.17, 15) is 10.1 Å². The van der Waals surface area contributed by atoms with Crippen LogP contribution in [0, 0.1) is 10.1 Å². The van der Waals surface area contributed by atoms with Crippen molar-refractivity contribution in [3.8, 4) is 11.1 Å². The molecule has 0 atom stereocenters. The van der Waals surface area contributed by atoms with E-state index in [2.05, 4.69) is 5.32 Å². The maximum Gasteiger partial charge on any atom is 0.292 e. The number of rotatable bonds is 4. The normalized spacial score (nSPS) is 10.5. The average Bonchev–Trinajstić information content (AvgIpc) is 2.39. The first kappa shape index (κ1) is 13.1. The Morgan fingerprint density at radius 2 is 1.74 bits per heavy atom. The fourth-order valence-electron chi connectivity index (χ4n) is 1.93. The molecule has 0 aliphatic rings. The average molecular weight is 256 g/mol. The zero-order valence-electron chi connectivity index (χ0n) is 11.0. The minimum Gasteiger partial charge on any atom is -0.377 e. The van der Waals surface area contributed by atoms with Crippen molar-refractivity contribution in [2.75, 3.05) is 5.32 Å². The van der Waals surface area contributed by atoms with Crippen molar-refractivity contribution in [1.29, 1.82) is 0 Å². The summed E-state index contributed by atoms with van der Waals surface area (Å²) in [5, 5.41) is 14.2. The van der Waals surface area contributed by atoms with E-state index >= 15 is 0 Å². The summed E-state index contributed by atoms with van der Waals surface area (Å²) < 4.78 is 0. The van der Waals surface area contributed by atoms with Gasteiger partial charge >= 0.3 is 0 Å². The van der Waals surface area contributed by atoms with Crippen molar-refractivity contribution in [3.63, 3.8) is 0 Å². The molecule has 0 spiro atoms. The van der Waals surface area contributed by atoms with E-state index in [4.69, 9.17) is 0 Å². The lowest BCUT2D eigenvalue weighted by atomic mass is 10.0. The summed E-state index contributed by atoms with van der Waals surface area (Å²) in [7, 11) is 0. The van der Waals surface area contributed by atoms with Crippen LogP contribution in [0.2, 0.25) is 0 Å². The van der Waals surface area contributed by atoms with Crippen LogP contribution in [-0.2, 0) is 0 Å². The molecule has 0 heterocycles. The quantitative estimate of drug-likeness (QED) is 0.662. The second-order valence-corrected chi connectivity index (χ2v) is 4.65. The van der Waals surface area contributed by atoms with Gasteiger partial charge in [0.2, 0.25) is 0 Å². The predicted octanol–water partition coefficient (Wildman–Crippen LogP) is 4.08. The van der Waals surface area contributed by atoms with Crippen molar-refractivity contribution < 1.29 is 4.92 Å². The molecule has 2 aromatic carbocycles. The Hall–Kier alpha value is -2.36. The second kappa shape index (κ2) is 5.52. The van der Waals surface area contributed by atoms with Crippen molar-refractivity contribution in [2.45, 2.75) is 19.9 Å². The number of hydrogen-bond acceptors (Lipinski definition) is 3. The number of hydrogen-bond donors (Lipinski definition) is 1. The van der Waals surface area contributed by atoms with E-state index in [0.29, 0.717) is 5.69 Å². The maximum atomic E-state index is 11.2. The topological polar surface area (TPSA) is 55.2 Å². The number of nitrogens with zero attached hydrogens (tertiary/aromatic N) is 1. The van der Waals surface area contributed by atoms with Crippen LogP contribution in [0.3, 0.4) is 0 Å². The molecule has 0 aromatic heterocycles. The summed E-state index contributed by atoms with van der Waals surface area (Å²) in [6, 6.07) is 15.1. The molecule has 0 amide bonds. The molecule has 0 saturated carbocycles. The zero-order chi connectivity index (χ0) is 13.8. The van der Waals surface area contributed by atoms with Gasteiger partial charge in [-0.15, -0.1) is 0 Å². The lowest BCUT2D eigenvalue weighted by Crippen LogP contribution is -2.11. The Morgan fingerprint density at radius 3 is 2.32 bits per heavy atom. The van der Waals surface area contributed by atoms with Crippen LogP contribution in [0.25, 0.3) is 11.1 Å². The van der Waals surface area contributed by atoms with Crippen molar-refractivity contribution in [1.82, 2.24) is 0 Å². The minimum atomic E-state index is -0.350. The van der Waals surface area contributed by atoms with Gasteiger partial charge < -0.3 is 5.32 Å². The summed E-state index contributed by atoms with van der Waals surface area (Å²) in [5.41, 5.74) is 2.48. The van der Waals surface area contributed by atoms with Crippen LogP contribution in [0.15, 0.2) is 48.5 Å². The van der Waals surface area contributed by atoms with E-state index in [-0.39, 0.29) is 16.7 Å². The van der Waals surface area contributed by atoms with E-state index in [1.54, 1.807) is 12.1 Å². The molecule has 0 aliphatic heterocycles. The summed E-state index contributed by atoms with van der Waals surface area (Å²) in [6.45, 7) is 3.91. The number of nitrogens with one attached hydrogen (secondary N) is 1. The van der Waals surface area contributed by atoms with Gasteiger partial charge in [-0.25, -0.2) is 0 Å². The first-order valence-electron chi connectivity index (χ1n) is 6.18. The van der Waals surface area contributed by atoms with Crippen LogP contribution in [0.1, 0.15) is 13.8 Å². The number of nitro benzene ring substituents is 1. The molecule has 0 bridgehead atoms. The summed E-state index contributed by atoms with van der Waals surface area (Å²) in [6.07, 6.45) is 0. The van der Waals surface area contributed by atoms with Gasteiger partial charge in [0.1, 0.15) is 5.69 Å². The van der Waals surface area contributed by atoms with Crippen molar-refractivity contribution in [2.24, 2.45) is 0 Å². The first-order valence-corrected chi connectivity index (χ1v) is 6.18. The summed E-state index contributed by atoms with van der Waals surface area (Å²) in [4.78, 5) is 10.8. The van der Waals surface area contributed by atoms with E-state index in [1.807, 2.05) is 50.2 Å². The lowest BCUT2D eigenvalue weighted by molar-refractivity contribution is -0.383. The Labute approximate surface area is 112 Å². The highest BCUT2D eigenvalue weighted by Gasteiger charge is 2.15. The fourth-order valence-corrected chi connectivity index (χ4v) is 1.93. The van der Waals surface area contributed by atoms with Crippen LogP contribution >= 0.6 is 0 Å². The van der Waals surface area contributed by atoms with E-state index < -0.39 is 0 Å². The van der Waals surface area contributed by atoms with Gasteiger partial charge in [0.25, 0.3) is 5.69 Å². The van der Waals surface area contributed by atoms with Gasteiger partial charge in [0, 0.05) is 12.1 Å². The van der Waals surface area contributed by atoms with Gasteiger partial charge in [-0.1, -0.05) is 36.4 Å². The summed E-state index contributed by atoms with van der Waals surface area (Å²) >= 11 is 0. The third kappa shape index (κ3) is 3.10. The molecular weight excluding hydrogens is 240 g/mol. The molecule has 0 unspecified atom stereocenters. The highest BCUT2D eigenvalue weighted by Crippen LogP contribution is 2.30. The fraction of sp³-hybridized carbons (Fsp3) is 0.200. The summed E-state index contributed by atoms with van der Waals surface area (Å²) in [5.74, 6) is 0. The van der Waals surface area contributed by atoms with Crippen molar-refractivity contribution >= 4 is 11.4 Å². The van der Waals surface area contributed by atoms with E-state index in [0.717, 1.165) is 11.1 Å². The smallest absolute Gasteiger partial charge is 0.292 e. The molecule has 0 aliphatic carbocycles. The molecule has 2 rings (SSSR count). The zero-order valence-corrected chi connectivity index (χ0v) is 11.0. The van der Waals surface area contributed by atoms with Gasteiger partial charge in [0.15, 0.2) is 0 Å². The van der Waals surface area contributed by atoms with Gasteiger partial charge in [-0.05, 0) is 31.0 Å². The maximum absolute atomic E-state index is 11.2. The van der Waals surface area contributed by atoms with Crippen LogP contribution in [-0.4, -0.2) is 11.0 Å². The Bertz CT molecular complexity index is 580. The second-order valence-electron chi connectivity index (χ2n) is 4.65. The molecule has 19 heavy (non-hydrogen) atoms. The standard InChI is InChI=1S/C15H16N2O2/c1-11(2)16-14-9-8-13(10-15(14)17(18)19)12-6-4-3-5-7-12/h3-11,16H,1-2H3. The number of benzene rings is 2. The minimum absolute atomic E-state index is 0.107. The third-order valence-electron chi connectivity index (χ3n) is 2.75. The van der Waals surface area contributed by atoms with Crippen molar-refractivity contribution in [3.05, 3.63) is 58.6 Å². The molecule has 98 valence electrons. The van der Waals surface area contributed by atoms with Gasteiger partial charge in [-0.3, -0.25) is 10.1 Å². The first-order chi connectivity index (χ1) is 9.08. The molecule has 0 radical (unpaired) electrons. The molecule has 1 N–H and O–H groups in total. The lowest BCUT2D eigenvalue weighted by Gasteiger charge is -2.11. The van der Waals surface area contributed by atoms with Crippen LogP contribution in [0.5, 0.6) is 0 Å². The van der Waals surface area contributed by atoms with Gasteiger partial charge in [-0.2, -0.15) is 0 Å². The number of nitro groups is 1. The molecule has 0 fully saturated rings. The van der Waals surface area contributed by atoms with Crippen LogP contribution in [0.4, 0.5) is 11.4 Å². The number of anilines is 1. The Morgan fingerprint density at radius 1 is 1.05 bits per heavy atom. The monoisotopic (exact) mass is 256 g/mol. The molecule has 4 heteroatoms. The molecule has 2 aromatic rings.